The van der Waals surface area contributed by atoms with Gasteiger partial charge < -0.3 is 18.8 Å². The van der Waals surface area contributed by atoms with Crippen LogP contribution in [0.2, 0.25) is 0 Å². The van der Waals surface area contributed by atoms with E-state index in [9.17, 15) is 9.18 Å². The normalized spacial score (nSPS) is 18.2. The summed E-state index contributed by atoms with van der Waals surface area (Å²) in [6.07, 6.45) is -0.556. The van der Waals surface area contributed by atoms with E-state index in [1.165, 1.54) is 0 Å². The van der Waals surface area contributed by atoms with Gasteiger partial charge in [0, 0.05) is 19.0 Å². The highest BCUT2D eigenvalue weighted by atomic mass is 19.1. The van der Waals surface area contributed by atoms with E-state index in [2.05, 4.69) is 0 Å². The fourth-order valence-electron chi connectivity index (χ4n) is 3.91. The van der Waals surface area contributed by atoms with E-state index in [0.717, 1.165) is 22.5 Å². The maximum atomic E-state index is 12.9. The number of aromatic nitrogens is 2. The van der Waals surface area contributed by atoms with Gasteiger partial charge in [0.25, 0.3) is 0 Å². The Morgan fingerprint density at radius 2 is 2.00 bits per heavy atom. The Kier molecular flexibility index (Phi) is 5.84. The first-order valence-electron chi connectivity index (χ1n) is 10.8. The van der Waals surface area contributed by atoms with Gasteiger partial charge in [-0.1, -0.05) is 30.3 Å². The van der Waals surface area contributed by atoms with Crippen molar-refractivity contribution in [3.63, 3.8) is 0 Å². The number of carbonyl (C=O) groups excluding carboxylic acids is 1. The molecule has 1 aromatic heterocycles. The molecule has 0 aliphatic carbocycles. The molecule has 0 fully saturated rings. The molecule has 0 saturated carbocycles. The third kappa shape index (κ3) is 4.04. The van der Waals surface area contributed by atoms with Crippen LogP contribution in [0.3, 0.4) is 0 Å². The predicted molar refractivity (Wildman–Crippen MR) is 120 cm³/mol. The number of benzene rings is 2. The Morgan fingerprint density at radius 3 is 2.66 bits per heavy atom. The van der Waals surface area contributed by atoms with Gasteiger partial charge in [-0.3, -0.25) is 4.79 Å². The Labute approximate surface area is 187 Å². The van der Waals surface area contributed by atoms with E-state index in [0.29, 0.717) is 23.4 Å². The number of alkyl halides is 1. The van der Waals surface area contributed by atoms with Crippen molar-refractivity contribution in [2.45, 2.75) is 46.3 Å². The van der Waals surface area contributed by atoms with E-state index in [-0.39, 0.29) is 12.6 Å². The maximum Gasteiger partial charge on any atom is 0.311 e. The summed E-state index contributed by atoms with van der Waals surface area (Å²) in [5.74, 6) is 1.69. The number of carbonyl (C=O) groups is 1. The van der Waals surface area contributed by atoms with Crippen molar-refractivity contribution >= 4 is 17.0 Å². The Morgan fingerprint density at radius 1 is 1.28 bits per heavy atom. The van der Waals surface area contributed by atoms with Crippen molar-refractivity contribution < 1.29 is 23.4 Å². The van der Waals surface area contributed by atoms with Crippen LogP contribution in [0.4, 0.5) is 4.39 Å². The Hall–Kier alpha value is -3.09. The molecule has 0 saturated heterocycles. The van der Waals surface area contributed by atoms with Crippen LogP contribution in [-0.4, -0.2) is 34.9 Å². The molecule has 0 bridgehead atoms. The van der Waals surface area contributed by atoms with Crippen LogP contribution in [0.5, 0.6) is 11.5 Å². The topological polar surface area (TPSA) is 62.6 Å². The minimum atomic E-state index is -0.640. The molecule has 2 heterocycles. The quantitative estimate of drug-likeness (QED) is 0.530. The molecule has 7 heteroatoms. The lowest BCUT2D eigenvalue weighted by Crippen LogP contribution is -2.37. The average molecular weight is 441 g/mol. The molecule has 0 spiro atoms. The second-order valence-electron chi connectivity index (χ2n) is 9.16. The second kappa shape index (κ2) is 8.45. The molecule has 3 aromatic rings. The first-order chi connectivity index (χ1) is 15.2. The van der Waals surface area contributed by atoms with Gasteiger partial charge in [-0.05, 0) is 39.3 Å². The second-order valence-corrected chi connectivity index (χ2v) is 9.16. The predicted octanol–water partition coefficient (Wildman–Crippen LogP) is 4.86. The minimum Gasteiger partial charge on any atom is -0.489 e. The summed E-state index contributed by atoms with van der Waals surface area (Å²) in [7, 11) is 1.89. The molecule has 1 aliphatic rings. The van der Waals surface area contributed by atoms with Crippen LogP contribution in [-0.2, 0) is 23.0 Å². The van der Waals surface area contributed by atoms with Gasteiger partial charge in [-0.2, -0.15) is 0 Å². The molecule has 170 valence electrons. The monoisotopic (exact) mass is 440 g/mol. The largest absolute Gasteiger partial charge is 0.489 e. The van der Waals surface area contributed by atoms with Gasteiger partial charge in [0.15, 0.2) is 11.9 Å². The van der Waals surface area contributed by atoms with Gasteiger partial charge >= 0.3 is 5.97 Å². The zero-order chi connectivity index (χ0) is 23.0. The Bertz CT molecular complexity index is 1130. The number of rotatable bonds is 5. The van der Waals surface area contributed by atoms with Crippen LogP contribution < -0.4 is 9.47 Å². The number of esters is 1. The molecule has 2 atom stereocenters. The summed E-state index contributed by atoms with van der Waals surface area (Å²) in [5, 5.41) is 0. The number of imidazole rings is 1. The van der Waals surface area contributed by atoms with E-state index >= 15 is 0 Å². The molecular formula is C25H29FN2O4. The Balaban J connectivity index is 1.83. The molecule has 0 unspecified atom stereocenters. The van der Waals surface area contributed by atoms with Crippen molar-refractivity contribution in [3.05, 3.63) is 53.3 Å². The first-order valence-corrected chi connectivity index (χ1v) is 10.8. The number of halogens is 1. The van der Waals surface area contributed by atoms with Gasteiger partial charge in [0.05, 0.1) is 5.41 Å². The molecular weight excluding hydrogens is 411 g/mol. The summed E-state index contributed by atoms with van der Waals surface area (Å²) >= 11 is 0. The number of hydrogen-bond acceptors (Lipinski definition) is 5. The zero-order valence-electron chi connectivity index (χ0n) is 19.1. The first kappa shape index (κ1) is 22.1. The standard InChI is InChI=1S/C25H29FN2O4/c1-15-27-20-21(28(15)5)18(30-12-11-26)13-17-14-19(31-24(29)25(2,3)4)22(32-23(17)20)16-9-7-6-8-10-16/h6-10,13,19,22H,11-12,14H2,1-5H3/t19-,22+/m0/s1. The average Bonchev–Trinajstić information content (AvgIpc) is 3.06. The number of fused-ring (bicyclic) bond motifs is 3. The number of aryl methyl sites for hydroxylation is 2. The van der Waals surface area contributed by atoms with Crippen LogP contribution in [0.15, 0.2) is 36.4 Å². The smallest absolute Gasteiger partial charge is 0.311 e. The SMILES string of the molecule is Cc1nc2c3c(cc(OCCF)c2n1C)C[C@H](OC(=O)C(C)(C)C)[C@@H](c1ccccc1)O3. The van der Waals surface area contributed by atoms with Crippen molar-refractivity contribution in [1.82, 2.24) is 9.55 Å². The highest BCUT2D eigenvalue weighted by molar-refractivity contribution is 5.90. The molecule has 0 N–H and O–H groups in total. The molecule has 4 rings (SSSR count). The molecule has 2 aromatic carbocycles. The summed E-state index contributed by atoms with van der Waals surface area (Å²) in [5.41, 5.74) is 2.52. The van der Waals surface area contributed by atoms with Gasteiger partial charge in [0.1, 0.15) is 42.0 Å². The van der Waals surface area contributed by atoms with Crippen LogP contribution in [0.25, 0.3) is 11.0 Å². The van der Waals surface area contributed by atoms with Crippen molar-refractivity contribution in [2.75, 3.05) is 13.3 Å². The molecule has 1 aliphatic heterocycles. The summed E-state index contributed by atoms with van der Waals surface area (Å²) in [6.45, 7) is 6.74. The van der Waals surface area contributed by atoms with E-state index < -0.39 is 24.3 Å². The maximum absolute atomic E-state index is 12.9. The summed E-state index contributed by atoms with van der Waals surface area (Å²) in [6, 6.07) is 11.6. The highest BCUT2D eigenvalue weighted by Crippen LogP contribution is 2.44. The van der Waals surface area contributed by atoms with Crippen LogP contribution >= 0.6 is 0 Å². The van der Waals surface area contributed by atoms with Crippen molar-refractivity contribution in [3.8, 4) is 11.5 Å². The number of ether oxygens (including phenoxy) is 3. The molecule has 0 amide bonds. The molecule has 32 heavy (non-hydrogen) atoms. The van der Waals surface area contributed by atoms with Gasteiger partial charge in [-0.25, -0.2) is 9.37 Å². The van der Waals surface area contributed by atoms with E-state index in [4.69, 9.17) is 19.2 Å². The van der Waals surface area contributed by atoms with Gasteiger partial charge in [0.2, 0.25) is 0 Å². The molecule has 6 nitrogen and oxygen atoms in total. The van der Waals surface area contributed by atoms with E-state index in [1.807, 2.05) is 75.7 Å². The summed E-state index contributed by atoms with van der Waals surface area (Å²) in [4.78, 5) is 17.4. The van der Waals surface area contributed by atoms with Crippen LogP contribution in [0, 0.1) is 12.3 Å². The lowest BCUT2D eigenvalue weighted by molar-refractivity contribution is -0.164. The van der Waals surface area contributed by atoms with E-state index in [1.54, 1.807) is 0 Å². The highest BCUT2D eigenvalue weighted by Gasteiger charge is 2.38. The number of hydrogen-bond donors (Lipinski definition) is 0. The summed E-state index contributed by atoms with van der Waals surface area (Å²) < 4.78 is 32.9. The number of nitrogens with zero attached hydrogens (tertiary/aromatic N) is 2. The fraction of sp³-hybridized carbons (Fsp3) is 0.440. The third-order valence-electron chi connectivity index (χ3n) is 5.70. The lowest BCUT2D eigenvalue weighted by Gasteiger charge is -2.35. The zero-order valence-corrected chi connectivity index (χ0v) is 19.1. The van der Waals surface area contributed by atoms with Crippen molar-refractivity contribution in [1.29, 1.82) is 0 Å². The van der Waals surface area contributed by atoms with Crippen LogP contribution in [0.1, 0.15) is 43.8 Å². The van der Waals surface area contributed by atoms with Gasteiger partial charge in [-0.15, -0.1) is 0 Å². The molecule has 0 radical (unpaired) electrons. The third-order valence-corrected chi connectivity index (χ3v) is 5.70. The van der Waals surface area contributed by atoms with Crippen molar-refractivity contribution in [2.24, 2.45) is 12.5 Å². The minimum absolute atomic E-state index is 0.0476. The lowest BCUT2D eigenvalue weighted by atomic mass is 9.92. The fourth-order valence-corrected chi connectivity index (χ4v) is 3.91.